The van der Waals surface area contributed by atoms with Crippen molar-refractivity contribution in [2.24, 2.45) is 0 Å². The number of carbonyl (C=O) groups is 1. The van der Waals surface area contributed by atoms with Crippen LogP contribution in [-0.2, 0) is 0 Å². The molecule has 0 saturated carbocycles. The van der Waals surface area contributed by atoms with Crippen LogP contribution in [0.25, 0.3) is 44.3 Å². The van der Waals surface area contributed by atoms with E-state index in [0.29, 0.717) is 16.6 Å². The third-order valence-corrected chi connectivity index (χ3v) is 6.08. The number of benzene rings is 4. The first-order chi connectivity index (χ1) is 16.2. The molecular weight excluding hydrogens is 412 g/mol. The molecule has 5 nitrogen and oxygen atoms in total. The molecule has 0 N–H and O–H groups in total. The summed E-state index contributed by atoms with van der Waals surface area (Å²) >= 11 is 0. The van der Waals surface area contributed by atoms with Crippen LogP contribution in [-0.4, -0.2) is 22.3 Å². The number of imidazole rings is 1. The topological polar surface area (TPSA) is 60.7 Å². The summed E-state index contributed by atoms with van der Waals surface area (Å²) in [6.45, 7) is 0. The van der Waals surface area contributed by atoms with Crippen molar-refractivity contribution in [3.63, 3.8) is 0 Å². The molecule has 0 aliphatic rings. The van der Waals surface area contributed by atoms with Gasteiger partial charge in [0.1, 0.15) is 11.4 Å². The second-order valence-corrected chi connectivity index (χ2v) is 7.92. The van der Waals surface area contributed by atoms with Crippen molar-refractivity contribution in [1.29, 1.82) is 0 Å². The fraction of sp³-hybridized carbons (Fsp3) is 0.0357. The maximum absolute atomic E-state index is 13.4. The Balaban J connectivity index is 1.55. The highest BCUT2D eigenvalue weighted by molar-refractivity contribution is 6.23. The number of methoxy groups -OCH3 is 1. The number of nitrogens with zero attached hydrogens (tertiary/aromatic N) is 2. The molecule has 0 amide bonds. The van der Waals surface area contributed by atoms with Gasteiger partial charge in [-0.3, -0.25) is 14.0 Å². The number of pyridine rings is 1. The molecule has 0 atom stereocenters. The van der Waals surface area contributed by atoms with Gasteiger partial charge in [0.25, 0.3) is 5.56 Å². The lowest BCUT2D eigenvalue weighted by Gasteiger charge is -2.10. The van der Waals surface area contributed by atoms with Crippen molar-refractivity contribution in [2.75, 3.05) is 7.11 Å². The number of carbonyl (C=O) groups excluding carboxylic acids is 1. The number of ether oxygens (including phenoxy) is 1. The van der Waals surface area contributed by atoms with E-state index in [-0.39, 0.29) is 11.3 Å². The SMILES string of the molecule is COc1ccc(/C=C/C(=O)c2ccc3c(=O)n4c5ccccc5nc4c4cccc2c34)cc1. The Kier molecular flexibility index (Phi) is 4.23. The van der Waals surface area contributed by atoms with Crippen molar-refractivity contribution in [3.05, 3.63) is 106 Å². The van der Waals surface area contributed by atoms with Crippen LogP contribution in [0.2, 0.25) is 0 Å². The molecule has 6 aromatic rings. The Morgan fingerprint density at radius 1 is 0.879 bits per heavy atom. The minimum Gasteiger partial charge on any atom is -0.497 e. The summed E-state index contributed by atoms with van der Waals surface area (Å²) in [5, 5.41) is 2.95. The maximum Gasteiger partial charge on any atom is 0.264 e. The van der Waals surface area contributed by atoms with Gasteiger partial charge in [0, 0.05) is 21.7 Å². The van der Waals surface area contributed by atoms with E-state index in [9.17, 15) is 9.59 Å². The molecule has 5 heteroatoms. The number of para-hydroxylation sites is 2. The van der Waals surface area contributed by atoms with Crippen molar-refractivity contribution >= 4 is 50.1 Å². The highest BCUT2D eigenvalue weighted by atomic mass is 16.5. The monoisotopic (exact) mass is 430 g/mol. The van der Waals surface area contributed by atoms with Crippen LogP contribution in [0.5, 0.6) is 5.75 Å². The molecule has 0 aliphatic heterocycles. The number of hydrogen-bond donors (Lipinski definition) is 0. The fourth-order valence-electron chi connectivity index (χ4n) is 4.50. The van der Waals surface area contributed by atoms with Gasteiger partial charge in [-0.15, -0.1) is 0 Å². The molecule has 2 aromatic heterocycles. The van der Waals surface area contributed by atoms with Crippen molar-refractivity contribution in [1.82, 2.24) is 9.38 Å². The summed E-state index contributed by atoms with van der Waals surface area (Å²) in [6.07, 6.45) is 3.34. The predicted molar refractivity (Wildman–Crippen MR) is 132 cm³/mol. The normalized spacial score (nSPS) is 11.9. The number of hydrogen-bond acceptors (Lipinski definition) is 4. The highest BCUT2D eigenvalue weighted by Crippen LogP contribution is 2.31. The van der Waals surface area contributed by atoms with E-state index in [2.05, 4.69) is 0 Å². The van der Waals surface area contributed by atoms with Crippen LogP contribution in [0.3, 0.4) is 0 Å². The van der Waals surface area contributed by atoms with Gasteiger partial charge in [0.15, 0.2) is 5.78 Å². The van der Waals surface area contributed by atoms with E-state index in [0.717, 1.165) is 38.5 Å². The number of fused-ring (bicyclic) bond motifs is 4. The van der Waals surface area contributed by atoms with Gasteiger partial charge in [-0.2, -0.15) is 0 Å². The second kappa shape index (κ2) is 7.28. The van der Waals surface area contributed by atoms with E-state index in [1.807, 2.05) is 66.7 Å². The van der Waals surface area contributed by atoms with Crippen LogP contribution in [0, 0.1) is 0 Å². The molecule has 158 valence electrons. The fourth-order valence-corrected chi connectivity index (χ4v) is 4.50. The largest absolute Gasteiger partial charge is 0.497 e. The van der Waals surface area contributed by atoms with Gasteiger partial charge in [-0.05, 0) is 53.4 Å². The minimum absolute atomic E-state index is 0.124. The molecule has 0 saturated heterocycles. The standard InChI is InChI=1S/C28H18N2O3/c1-33-18-12-9-17(10-13-18)11-16-25(31)19-14-15-22-26-20(19)5-4-6-21(26)27-29-23-7-2-3-8-24(23)30(27)28(22)32/h2-16H,1H3/b16-11+. The van der Waals surface area contributed by atoms with Crippen LogP contribution in [0.1, 0.15) is 15.9 Å². The predicted octanol–water partition coefficient (Wildman–Crippen LogP) is 5.50. The smallest absolute Gasteiger partial charge is 0.264 e. The Morgan fingerprint density at radius 3 is 2.48 bits per heavy atom. The van der Waals surface area contributed by atoms with E-state index >= 15 is 0 Å². The number of allylic oxidation sites excluding steroid dienone is 1. The average Bonchev–Trinajstić information content (AvgIpc) is 3.26. The average molecular weight is 430 g/mol. The molecule has 6 rings (SSSR count). The summed E-state index contributed by atoms with van der Waals surface area (Å²) in [5.74, 6) is 0.638. The van der Waals surface area contributed by atoms with Crippen molar-refractivity contribution in [2.45, 2.75) is 0 Å². The molecule has 0 aliphatic carbocycles. The third-order valence-electron chi connectivity index (χ3n) is 6.08. The van der Waals surface area contributed by atoms with E-state index in [4.69, 9.17) is 9.72 Å². The van der Waals surface area contributed by atoms with Gasteiger partial charge in [0.2, 0.25) is 0 Å². The zero-order chi connectivity index (χ0) is 22.5. The number of aromatic nitrogens is 2. The quantitative estimate of drug-likeness (QED) is 0.274. The summed E-state index contributed by atoms with van der Waals surface area (Å²) in [5.41, 5.74) is 3.48. The lowest BCUT2D eigenvalue weighted by molar-refractivity contribution is 0.104. The molecule has 0 fully saturated rings. The number of ketones is 1. The van der Waals surface area contributed by atoms with E-state index < -0.39 is 0 Å². The zero-order valence-corrected chi connectivity index (χ0v) is 17.8. The number of rotatable bonds is 4. The second-order valence-electron chi connectivity index (χ2n) is 7.92. The highest BCUT2D eigenvalue weighted by Gasteiger charge is 2.18. The minimum atomic E-state index is -0.129. The summed E-state index contributed by atoms with van der Waals surface area (Å²) < 4.78 is 6.84. The summed E-state index contributed by atoms with van der Waals surface area (Å²) in [4.78, 5) is 31.3. The van der Waals surface area contributed by atoms with Crippen molar-refractivity contribution in [3.8, 4) is 5.75 Å². The third kappa shape index (κ3) is 2.90. The molecule has 0 radical (unpaired) electrons. The van der Waals surface area contributed by atoms with Crippen LogP contribution in [0.4, 0.5) is 0 Å². The molecule has 33 heavy (non-hydrogen) atoms. The molecule has 0 bridgehead atoms. The lowest BCUT2D eigenvalue weighted by atomic mass is 9.95. The Morgan fingerprint density at radius 2 is 1.67 bits per heavy atom. The van der Waals surface area contributed by atoms with Gasteiger partial charge in [-0.1, -0.05) is 48.5 Å². The molecule has 4 aromatic carbocycles. The molecule has 0 spiro atoms. The van der Waals surface area contributed by atoms with Crippen LogP contribution >= 0.6 is 0 Å². The van der Waals surface area contributed by atoms with E-state index in [1.165, 1.54) is 0 Å². The van der Waals surface area contributed by atoms with Gasteiger partial charge >= 0.3 is 0 Å². The Bertz CT molecular complexity index is 1780. The van der Waals surface area contributed by atoms with Crippen LogP contribution < -0.4 is 10.3 Å². The summed E-state index contributed by atoms with van der Waals surface area (Å²) in [6, 6.07) is 24.3. The maximum atomic E-state index is 13.4. The molecular formula is C28H18N2O3. The first kappa shape index (κ1) is 19.2. The first-order valence-corrected chi connectivity index (χ1v) is 10.6. The molecule has 2 heterocycles. The van der Waals surface area contributed by atoms with Gasteiger partial charge in [0.05, 0.1) is 18.1 Å². The Labute approximate surface area is 188 Å². The molecule has 0 unspecified atom stereocenters. The first-order valence-electron chi connectivity index (χ1n) is 10.6. The van der Waals surface area contributed by atoms with Gasteiger partial charge in [-0.25, -0.2) is 4.98 Å². The summed E-state index contributed by atoms with van der Waals surface area (Å²) in [7, 11) is 1.62. The van der Waals surface area contributed by atoms with Crippen LogP contribution in [0.15, 0.2) is 89.7 Å². The van der Waals surface area contributed by atoms with Gasteiger partial charge < -0.3 is 4.74 Å². The lowest BCUT2D eigenvalue weighted by Crippen LogP contribution is -2.13. The van der Waals surface area contributed by atoms with Crippen molar-refractivity contribution < 1.29 is 9.53 Å². The Hall–Kier alpha value is -4.51. The van der Waals surface area contributed by atoms with E-state index in [1.54, 1.807) is 35.8 Å². The zero-order valence-electron chi connectivity index (χ0n) is 17.8.